The molecular formula is C17H13NO2S2. The van der Waals surface area contributed by atoms with Crippen LogP contribution in [0.3, 0.4) is 0 Å². The van der Waals surface area contributed by atoms with Crippen molar-refractivity contribution < 1.29 is 9.21 Å². The summed E-state index contributed by atoms with van der Waals surface area (Å²) < 4.78 is 5.76. The van der Waals surface area contributed by atoms with Gasteiger partial charge in [-0.3, -0.25) is 9.69 Å². The van der Waals surface area contributed by atoms with Crippen molar-refractivity contribution in [2.24, 2.45) is 0 Å². The van der Waals surface area contributed by atoms with Gasteiger partial charge in [0.05, 0.1) is 16.9 Å². The summed E-state index contributed by atoms with van der Waals surface area (Å²) in [6, 6.07) is 11.4. The number of anilines is 1. The minimum absolute atomic E-state index is 0.0894. The topological polar surface area (TPSA) is 33.5 Å². The minimum Gasteiger partial charge on any atom is -0.465 e. The summed E-state index contributed by atoms with van der Waals surface area (Å²) in [7, 11) is 0. The van der Waals surface area contributed by atoms with Crippen LogP contribution in [0.25, 0.3) is 6.08 Å². The van der Waals surface area contributed by atoms with Gasteiger partial charge in [-0.25, -0.2) is 0 Å². The first-order chi connectivity index (χ1) is 10.7. The number of carbonyl (C=O) groups is 1. The predicted molar refractivity (Wildman–Crippen MR) is 94.7 cm³/mol. The van der Waals surface area contributed by atoms with Crippen LogP contribution >= 0.6 is 24.0 Å². The molecule has 0 N–H and O–H groups in total. The molecule has 2 aromatic rings. The van der Waals surface area contributed by atoms with Crippen LogP contribution < -0.4 is 4.90 Å². The number of aryl methyl sites for hydroxylation is 1. The first kappa shape index (κ1) is 14.8. The molecule has 0 saturated carbocycles. The Labute approximate surface area is 138 Å². The lowest BCUT2D eigenvalue weighted by Gasteiger charge is -2.16. The summed E-state index contributed by atoms with van der Waals surface area (Å²) in [5, 5.41) is 0. The molecule has 2 heterocycles. The average Bonchev–Trinajstić information content (AvgIpc) is 3.10. The predicted octanol–water partition coefficient (Wildman–Crippen LogP) is 4.55. The van der Waals surface area contributed by atoms with Crippen molar-refractivity contribution in [3.63, 3.8) is 0 Å². The molecule has 1 aliphatic heterocycles. The van der Waals surface area contributed by atoms with E-state index in [1.54, 1.807) is 29.4 Å². The second kappa shape index (κ2) is 6.34. The Bertz CT molecular complexity index is 776. The van der Waals surface area contributed by atoms with Gasteiger partial charge in [0.2, 0.25) is 0 Å². The van der Waals surface area contributed by atoms with Gasteiger partial charge in [-0.1, -0.05) is 48.3 Å². The van der Waals surface area contributed by atoms with Crippen molar-refractivity contribution in [2.45, 2.75) is 6.92 Å². The maximum Gasteiger partial charge on any atom is 0.270 e. The van der Waals surface area contributed by atoms with Crippen molar-refractivity contribution in [1.29, 1.82) is 0 Å². The normalized spacial score (nSPS) is 17.1. The van der Waals surface area contributed by atoms with Gasteiger partial charge in [-0.15, -0.1) is 0 Å². The molecule has 0 radical (unpaired) electrons. The smallest absolute Gasteiger partial charge is 0.270 e. The highest BCUT2D eigenvalue weighted by atomic mass is 32.2. The van der Waals surface area contributed by atoms with Crippen molar-refractivity contribution in [3.05, 3.63) is 71.0 Å². The maximum absolute atomic E-state index is 12.6. The second-order valence-electron chi connectivity index (χ2n) is 4.70. The molecule has 0 aliphatic carbocycles. The molecule has 3 nitrogen and oxygen atoms in total. The van der Waals surface area contributed by atoms with Crippen LogP contribution in [0, 0.1) is 6.92 Å². The first-order valence-electron chi connectivity index (χ1n) is 6.70. The van der Waals surface area contributed by atoms with Gasteiger partial charge in [-0.05, 0) is 42.8 Å². The van der Waals surface area contributed by atoms with Gasteiger partial charge in [0.25, 0.3) is 5.91 Å². The van der Waals surface area contributed by atoms with E-state index in [9.17, 15) is 4.79 Å². The Morgan fingerprint density at radius 1 is 1.23 bits per heavy atom. The third-order valence-electron chi connectivity index (χ3n) is 3.20. The lowest BCUT2D eigenvalue weighted by Crippen LogP contribution is -2.28. The van der Waals surface area contributed by atoms with Crippen LogP contribution in [0.5, 0.6) is 0 Å². The summed E-state index contributed by atoms with van der Waals surface area (Å²) in [6.07, 6.45) is 6.97. The van der Waals surface area contributed by atoms with Crippen LogP contribution in [-0.2, 0) is 4.79 Å². The molecule has 5 heteroatoms. The van der Waals surface area contributed by atoms with Crippen LogP contribution in [0.4, 0.5) is 5.69 Å². The quantitative estimate of drug-likeness (QED) is 0.612. The Kier molecular flexibility index (Phi) is 4.27. The number of benzene rings is 1. The van der Waals surface area contributed by atoms with Crippen molar-refractivity contribution in [1.82, 2.24) is 0 Å². The molecule has 1 aromatic carbocycles. The van der Waals surface area contributed by atoms with E-state index in [0.717, 1.165) is 17.0 Å². The molecule has 0 unspecified atom stereocenters. The lowest BCUT2D eigenvalue weighted by molar-refractivity contribution is -0.113. The number of hydrogen-bond donors (Lipinski definition) is 0. The van der Waals surface area contributed by atoms with Crippen molar-refractivity contribution in [3.8, 4) is 0 Å². The Hall–Kier alpha value is -2.11. The fraction of sp³-hybridized carbons (Fsp3) is 0.0588. The van der Waals surface area contributed by atoms with Crippen LogP contribution in [0.2, 0.25) is 0 Å². The zero-order valence-corrected chi connectivity index (χ0v) is 13.5. The number of thiocarbonyl (C=S) groups is 1. The zero-order chi connectivity index (χ0) is 15.5. The molecule has 0 atom stereocenters. The molecule has 3 rings (SSSR count). The summed E-state index contributed by atoms with van der Waals surface area (Å²) in [5.74, 6) is 0.652. The van der Waals surface area contributed by atoms with Gasteiger partial charge < -0.3 is 4.42 Å². The van der Waals surface area contributed by atoms with Gasteiger partial charge in [0.15, 0.2) is 4.32 Å². The second-order valence-corrected chi connectivity index (χ2v) is 6.38. The molecule has 1 amide bonds. The number of carbonyl (C=O) groups excluding carboxylic acids is 1. The standard InChI is InChI=1S/C17H13NO2S2/c1-12-6-2-3-9-14(12)18-16(19)15(22-17(18)21)10-4-7-13-8-5-11-20-13/h2-11H,1H3/b7-4+,15-10+. The van der Waals surface area contributed by atoms with Crippen LogP contribution in [-0.4, -0.2) is 10.2 Å². The van der Waals surface area contributed by atoms with Crippen molar-refractivity contribution >= 4 is 46.0 Å². The monoisotopic (exact) mass is 327 g/mol. The Balaban J connectivity index is 1.84. The highest BCUT2D eigenvalue weighted by molar-refractivity contribution is 8.27. The van der Waals surface area contributed by atoms with Gasteiger partial charge in [0, 0.05) is 0 Å². The third-order valence-corrected chi connectivity index (χ3v) is 4.52. The molecule has 1 fully saturated rings. The molecular weight excluding hydrogens is 314 g/mol. The van der Waals surface area contributed by atoms with E-state index in [4.69, 9.17) is 16.6 Å². The van der Waals surface area contributed by atoms with E-state index in [2.05, 4.69) is 0 Å². The number of furan rings is 1. The van der Waals surface area contributed by atoms with Crippen molar-refractivity contribution in [2.75, 3.05) is 4.90 Å². The van der Waals surface area contributed by atoms with Gasteiger partial charge in [-0.2, -0.15) is 0 Å². The molecule has 110 valence electrons. The SMILES string of the molecule is Cc1ccccc1N1C(=O)/C(=C\C=C\c2ccco2)SC1=S. The van der Waals surface area contributed by atoms with E-state index in [1.165, 1.54) is 11.8 Å². The lowest BCUT2D eigenvalue weighted by atomic mass is 10.2. The fourth-order valence-corrected chi connectivity index (χ4v) is 3.36. The van der Waals surface area contributed by atoms with E-state index >= 15 is 0 Å². The molecule has 1 aromatic heterocycles. The number of para-hydroxylation sites is 1. The number of allylic oxidation sites excluding steroid dienone is 2. The van der Waals surface area contributed by atoms with E-state index in [1.807, 2.05) is 43.3 Å². The van der Waals surface area contributed by atoms with E-state index < -0.39 is 0 Å². The average molecular weight is 327 g/mol. The Morgan fingerprint density at radius 2 is 2.05 bits per heavy atom. The largest absolute Gasteiger partial charge is 0.465 e. The summed E-state index contributed by atoms with van der Waals surface area (Å²) in [4.78, 5) is 14.7. The molecule has 22 heavy (non-hydrogen) atoms. The molecule has 0 bridgehead atoms. The number of amides is 1. The molecule has 1 saturated heterocycles. The minimum atomic E-state index is -0.0894. The number of nitrogens with zero attached hydrogens (tertiary/aromatic N) is 1. The number of thioether (sulfide) groups is 1. The highest BCUT2D eigenvalue weighted by Gasteiger charge is 2.33. The molecule has 1 aliphatic rings. The highest BCUT2D eigenvalue weighted by Crippen LogP contribution is 2.36. The first-order valence-corrected chi connectivity index (χ1v) is 7.93. The maximum atomic E-state index is 12.6. The van der Waals surface area contributed by atoms with Crippen LogP contribution in [0.1, 0.15) is 11.3 Å². The summed E-state index contributed by atoms with van der Waals surface area (Å²) >= 11 is 6.66. The van der Waals surface area contributed by atoms with Gasteiger partial charge >= 0.3 is 0 Å². The third kappa shape index (κ3) is 2.91. The molecule has 0 spiro atoms. The summed E-state index contributed by atoms with van der Waals surface area (Å²) in [5.41, 5.74) is 1.86. The summed E-state index contributed by atoms with van der Waals surface area (Å²) in [6.45, 7) is 1.97. The van der Waals surface area contributed by atoms with Gasteiger partial charge in [0.1, 0.15) is 5.76 Å². The fourth-order valence-electron chi connectivity index (χ4n) is 2.12. The van der Waals surface area contributed by atoms with E-state index in [-0.39, 0.29) is 5.91 Å². The van der Waals surface area contributed by atoms with Crippen LogP contribution in [0.15, 0.2) is 64.1 Å². The number of rotatable bonds is 3. The Morgan fingerprint density at radius 3 is 2.77 bits per heavy atom. The number of hydrogen-bond acceptors (Lipinski definition) is 4. The van der Waals surface area contributed by atoms with E-state index in [0.29, 0.717) is 9.23 Å². The zero-order valence-electron chi connectivity index (χ0n) is 11.9.